The Morgan fingerprint density at radius 3 is 2.94 bits per heavy atom. The quantitative estimate of drug-likeness (QED) is 0.788. The molecule has 0 unspecified atom stereocenters. The third-order valence-electron chi connectivity index (χ3n) is 2.36. The number of hydrogen-bond donors (Lipinski definition) is 2. The van der Waals surface area contributed by atoms with E-state index < -0.39 is 6.09 Å². The van der Waals surface area contributed by atoms with Gasteiger partial charge in [0.1, 0.15) is 0 Å². The van der Waals surface area contributed by atoms with Crippen LogP contribution in [0.1, 0.15) is 12.8 Å². The van der Waals surface area contributed by atoms with E-state index in [1.54, 1.807) is 17.2 Å². The summed E-state index contributed by atoms with van der Waals surface area (Å²) in [6.07, 6.45) is 3.17. The Labute approximate surface area is 91.9 Å². The Morgan fingerprint density at radius 2 is 2.31 bits per heavy atom. The van der Waals surface area contributed by atoms with Crippen molar-refractivity contribution in [2.24, 2.45) is 0 Å². The lowest BCUT2D eigenvalue weighted by atomic mass is 10.3. The minimum absolute atomic E-state index is 0.0503. The van der Waals surface area contributed by atoms with Crippen LogP contribution in [0.25, 0.3) is 0 Å². The molecule has 0 aliphatic carbocycles. The Hall–Kier alpha value is -2.11. The molecule has 1 aromatic rings. The van der Waals surface area contributed by atoms with Crippen LogP contribution in [0.2, 0.25) is 0 Å². The summed E-state index contributed by atoms with van der Waals surface area (Å²) in [5, 5.41) is 10.8. The lowest BCUT2D eigenvalue weighted by molar-refractivity contribution is -0.117. The molecule has 0 radical (unpaired) electrons. The van der Waals surface area contributed by atoms with Gasteiger partial charge in [-0.15, -0.1) is 0 Å². The van der Waals surface area contributed by atoms with E-state index in [9.17, 15) is 9.59 Å². The molecule has 1 aliphatic rings. The molecule has 0 bridgehead atoms. The molecule has 2 rings (SSSR count). The van der Waals surface area contributed by atoms with Crippen molar-refractivity contribution in [2.45, 2.75) is 12.8 Å². The van der Waals surface area contributed by atoms with Crippen molar-refractivity contribution in [3.8, 4) is 0 Å². The second kappa shape index (κ2) is 4.18. The summed E-state index contributed by atoms with van der Waals surface area (Å²) >= 11 is 0. The second-order valence-corrected chi connectivity index (χ2v) is 3.51. The van der Waals surface area contributed by atoms with E-state index >= 15 is 0 Å². The smallest absolute Gasteiger partial charge is 0.409 e. The number of aromatic nitrogens is 1. The van der Waals surface area contributed by atoms with Gasteiger partial charge in [-0.05, 0) is 12.5 Å². The zero-order valence-corrected chi connectivity index (χ0v) is 8.51. The number of carboxylic acid groups (broad SMARTS) is 1. The van der Waals surface area contributed by atoms with E-state index in [4.69, 9.17) is 5.11 Å². The lowest BCUT2D eigenvalue weighted by Gasteiger charge is -2.15. The van der Waals surface area contributed by atoms with Crippen molar-refractivity contribution in [1.82, 2.24) is 4.98 Å². The molecule has 2 N–H and O–H groups in total. The maximum atomic E-state index is 11.5. The summed E-state index contributed by atoms with van der Waals surface area (Å²) in [6, 6.07) is 1.60. The molecule has 0 saturated carbocycles. The topological polar surface area (TPSA) is 82.5 Å². The summed E-state index contributed by atoms with van der Waals surface area (Å²) in [7, 11) is 0. The first-order valence-corrected chi connectivity index (χ1v) is 4.92. The zero-order chi connectivity index (χ0) is 11.5. The third kappa shape index (κ3) is 2.10. The average Bonchev–Trinajstić information content (AvgIpc) is 2.64. The molecule has 1 saturated heterocycles. The van der Waals surface area contributed by atoms with Gasteiger partial charge in [-0.1, -0.05) is 0 Å². The van der Waals surface area contributed by atoms with Gasteiger partial charge >= 0.3 is 6.09 Å². The van der Waals surface area contributed by atoms with Crippen LogP contribution in [0, 0.1) is 0 Å². The highest BCUT2D eigenvalue weighted by Gasteiger charge is 2.22. The van der Waals surface area contributed by atoms with Gasteiger partial charge in [0.05, 0.1) is 23.8 Å². The molecule has 6 nitrogen and oxygen atoms in total. The monoisotopic (exact) mass is 221 g/mol. The number of amides is 2. The van der Waals surface area contributed by atoms with Crippen molar-refractivity contribution in [3.05, 3.63) is 18.5 Å². The number of carbonyl (C=O) groups excluding carboxylic acids is 1. The lowest BCUT2D eigenvalue weighted by Crippen LogP contribution is -2.24. The van der Waals surface area contributed by atoms with Crippen LogP contribution >= 0.6 is 0 Å². The fourth-order valence-corrected chi connectivity index (χ4v) is 1.69. The van der Waals surface area contributed by atoms with E-state index in [0.717, 1.165) is 6.42 Å². The summed E-state index contributed by atoms with van der Waals surface area (Å²) in [4.78, 5) is 27.4. The largest absolute Gasteiger partial charge is 0.465 e. The summed E-state index contributed by atoms with van der Waals surface area (Å²) < 4.78 is 0. The van der Waals surface area contributed by atoms with E-state index in [2.05, 4.69) is 10.3 Å². The van der Waals surface area contributed by atoms with Gasteiger partial charge in [-0.2, -0.15) is 0 Å². The van der Waals surface area contributed by atoms with E-state index in [1.165, 1.54) is 6.20 Å². The van der Waals surface area contributed by atoms with Crippen LogP contribution < -0.4 is 10.2 Å². The van der Waals surface area contributed by atoms with Crippen molar-refractivity contribution < 1.29 is 14.7 Å². The Balaban J connectivity index is 2.21. The van der Waals surface area contributed by atoms with Crippen LogP contribution in [0.15, 0.2) is 18.5 Å². The molecule has 1 aromatic heterocycles. The fraction of sp³-hybridized carbons (Fsp3) is 0.300. The minimum Gasteiger partial charge on any atom is -0.465 e. The van der Waals surface area contributed by atoms with Crippen molar-refractivity contribution >= 4 is 23.4 Å². The highest BCUT2D eigenvalue weighted by atomic mass is 16.4. The zero-order valence-electron chi connectivity index (χ0n) is 8.51. The molecule has 16 heavy (non-hydrogen) atoms. The molecule has 6 heteroatoms. The van der Waals surface area contributed by atoms with Crippen LogP contribution in [0.5, 0.6) is 0 Å². The highest BCUT2D eigenvalue weighted by Crippen LogP contribution is 2.22. The first-order chi connectivity index (χ1) is 7.66. The van der Waals surface area contributed by atoms with Gasteiger partial charge in [-0.25, -0.2) is 4.79 Å². The summed E-state index contributed by atoms with van der Waals surface area (Å²) in [5.41, 5.74) is 0.999. The molecule has 84 valence electrons. The fourth-order valence-electron chi connectivity index (χ4n) is 1.69. The number of pyridine rings is 1. The van der Waals surface area contributed by atoms with Gasteiger partial charge in [0.15, 0.2) is 0 Å². The molecular formula is C10H11N3O3. The van der Waals surface area contributed by atoms with Gasteiger partial charge in [-0.3, -0.25) is 15.1 Å². The first kappa shape index (κ1) is 10.4. The molecule has 0 spiro atoms. The van der Waals surface area contributed by atoms with Crippen LogP contribution in [0.3, 0.4) is 0 Å². The first-order valence-electron chi connectivity index (χ1n) is 4.92. The predicted octanol–water partition coefficient (Wildman–Crippen LogP) is 1.30. The van der Waals surface area contributed by atoms with Gasteiger partial charge in [0, 0.05) is 13.0 Å². The van der Waals surface area contributed by atoms with E-state index in [1.807, 2.05) is 0 Å². The summed E-state index contributed by atoms with van der Waals surface area (Å²) in [6.45, 7) is 0.664. The molecule has 2 heterocycles. The SMILES string of the molecule is O=C(O)Nc1cncc(N2CCCC2=O)c1. The Morgan fingerprint density at radius 1 is 1.50 bits per heavy atom. The van der Waals surface area contributed by atoms with E-state index in [0.29, 0.717) is 24.3 Å². The predicted molar refractivity (Wildman–Crippen MR) is 57.5 cm³/mol. The third-order valence-corrected chi connectivity index (χ3v) is 2.36. The Bertz CT molecular complexity index is 433. The molecule has 0 atom stereocenters. The van der Waals surface area contributed by atoms with Gasteiger partial charge in [0.2, 0.25) is 5.91 Å². The van der Waals surface area contributed by atoms with E-state index in [-0.39, 0.29) is 5.91 Å². The van der Waals surface area contributed by atoms with Crippen molar-refractivity contribution in [1.29, 1.82) is 0 Å². The number of nitrogens with zero attached hydrogens (tertiary/aromatic N) is 2. The second-order valence-electron chi connectivity index (χ2n) is 3.51. The minimum atomic E-state index is -1.15. The van der Waals surface area contributed by atoms with Gasteiger partial charge in [0.25, 0.3) is 0 Å². The highest BCUT2D eigenvalue weighted by molar-refractivity contribution is 5.96. The maximum Gasteiger partial charge on any atom is 0.409 e. The summed E-state index contributed by atoms with van der Waals surface area (Å²) in [5.74, 6) is 0.0503. The van der Waals surface area contributed by atoms with Gasteiger partial charge < -0.3 is 10.0 Å². The molecule has 0 aromatic carbocycles. The number of rotatable bonds is 2. The van der Waals surface area contributed by atoms with Crippen molar-refractivity contribution in [2.75, 3.05) is 16.8 Å². The number of anilines is 2. The van der Waals surface area contributed by atoms with Crippen LogP contribution in [0.4, 0.5) is 16.2 Å². The van der Waals surface area contributed by atoms with Crippen molar-refractivity contribution in [3.63, 3.8) is 0 Å². The molecular weight excluding hydrogens is 210 g/mol. The number of nitrogens with one attached hydrogen (secondary N) is 1. The number of carbonyl (C=O) groups is 2. The molecule has 1 fully saturated rings. The van der Waals surface area contributed by atoms with Crippen LogP contribution in [-0.4, -0.2) is 28.6 Å². The van der Waals surface area contributed by atoms with Crippen LogP contribution in [-0.2, 0) is 4.79 Å². The number of hydrogen-bond acceptors (Lipinski definition) is 3. The standard InChI is InChI=1S/C10H11N3O3/c14-9-2-1-3-13(9)8-4-7(5-11-6-8)12-10(15)16/h4-6,12H,1-3H2,(H,15,16). The normalized spacial score (nSPS) is 15.2. The molecule has 2 amide bonds. The Kier molecular flexibility index (Phi) is 2.72. The maximum absolute atomic E-state index is 11.5. The average molecular weight is 221 g/mol. The molecule has 1 aliphatic heterocycles.